The predicted molar refractivity (Wildman–Crippen MR) is 126 cm³/mol. The van der Waals surface area contributed by atoms with Crippen LogP contribution in [0.1, 0.15) is 41.6 Å². The van der Waals surface area contributed by atoms with Crippen molar-refractivity contribution in [3.63, 3.8) is 0 Å². The molecule has 4 fully saturated rings. The van der Waals surface area contributed by atoms with Crippen LogP contribution in [0.15, 0.2) is 30.9 Å². The fraction of sp³-hybridized carbons (Fsp3) is 0.560. The minimum atomic E-state index is -4.77. The first-order chi connectivity index (χ1) is 18.7. The van der Waals surface area contributed by atoms with E-state index in [0.29, 0.717) is 18.9 Å². The number of hydrogen-bond donors (Lipinski definition) is 1. The highest BCUT2D eigenvalue weighted by molar-refractivity contribution is 7.85. The standard InChI is InChI=1S/C25H25F3O11S/c1-2-24(7-3-4-8-24)39-14-11-12(5-6-13(14)25(26,27)28)21(29)37-19-17-15(22(30)35-9-10-40(32,33)34)16-18(36-17)20(19)38-23(16)31/h2,5-6,11,15-20H,1,3-4,7-10H2,(H,32,33,34). The van der Waals surface area contributed by atoms with Crippen molar-refractivity contribution < 1.29 is 64.2 Å². The maximum Gasteiger partial charge on any atom is 0.419 e. The molecule has 0 spiro atoms. The Kier molecular flexibility index (Phi) is 7.11. The van der Waals surface area contributed by atoms with Crippen LogP contribution in [0.2, 0.25) is 0 Å². The zero-order valence-corrected chi connectivity index (χ0v) is 21.6. The lowest BCUT2D eigenvalue weighted by Gasteiger charge is -2.29. The molecule has 2 bridgehead atoms. The van der Waals surface area contributed by atoms with Crippen molar-refractivity contribution in [1.82, 2.24) is 0 Å². The van der Waals surface area contributed by atoms with Crippen molar-refractivity contribution in [2.24, 2.45) is 11.8 Å². The Hall–Kier alpha value is -3.17. The van der Waals surface area contributed by atoms with Crippen LogP contribution >= 0.6 is 0 Å². The highest BCUT2D eigenvalue weighted by atomic mass is 32.2. The van der Waals surface area contributed by atoms with Crippen LogP contribution in [0.5, 0.6) is 5.75 Å². The number of esters is 3. The van der Waals surface area contributed by atoms with E-state index in [9.17, 15) is 36.0 Å². The summed E-state index contributed by atoms with van der Waals surface area (Å²) in [6.45, 7) is 3.00. The van der Waals surface area contributed by atoms with Crippen molar-refractivity contribution >= 4 is 28.0 Å². The van der Waals surface area contributed by atoms with E-state index in [1.807, 2.05) is 0 Å². The number of halogens is 3. The van der Waals surface area contributed by atoms with Crippen molar-refractivity contribution in [2.75, 3.05) is 12.4 Å². The van der Waals surface area contributed by atoms with Crippen LogP contribution in [-0.2, 0) is 44.8 Å². The molecule has 1 saturated carbocycles. The highest BCUT2D eigenvalue weighted by Crippen LogP contribution is 2.51. The summed E-state index contributed by atoms with van der Waals surface area (Å²) in [5.74, 6) is -6.70. The summed E-state index contributed by atoms with van der Waals surface area (Å²) in [6, 6.07) is 2.55. The van der Waals surface area contributed by atoms with Crippen molar-refractivity contribution in [3.05, 3.63) is 42.0 Å². The minimum absolute atomic E-state index is 0.281. The van der Waals surface area contributed by atoms with Gasteiger partial charge in [-0.15, -0.1) is 0 Å². The zero-order chi connectivity index (χ0) is 29.0. The first-order valence-electron chi connectivity index (χ1n) is 12.5. The summed E-state index contributed by atoms with van der Waals surface area (Å²) < 4.78 is 99.0. The minimum Gasteiger partial charge on any atom is -0.483 e. The maximum absolute atomic E-state index is 13.7. The lowest BCUT2D eigenvalue weighted by molar-refractivity contribution is -0.155. The third-order valence-electron chi connectivity index (χ3n) is 7.66. The van der Waals surface area contributed by atoms with Crippen LogP contribution < -0.4 is 4.74 Å². The maximum atomic E-state index is 13.7. The number of hydrogen-bond acceptors (Lipinski definition) is 10. The van der Waals surface area contributed by atoms with Crippen LogP contribution in [0, 0.1) is 11.8 Å². The van der Waals surface area contributed by atoms with E-state index >= 15 is 0 Å². The Bertz CT molecular complexity index is 1340. The molecule has 4 aliphatic rings. The summed E-state index contributed by atoms with van der Waals surface area (Å²) in [5.41, 5.74) is -2.38. The average Bonchev–Trinajstić information content (AvgIpc) is 3.61. The van der Waals surface area contributed by atoms with Gasteiger partial charge in [0.2, 0.25) is 0 Å². The topological polar surface area (TPSA) is 152 Å². The predicted octanol–water partition coefficient (Wildman–Crippen LogP) is 2.48. The number of ether oxygens (including phenoxy) is 5. The van der Waals surface area contributed by atoms with E-state index in [2.05, 4.69) is 6.58 Å². The molecule has 218 valence electrons. The number of alkyl halides is 3. The van der Waals surface area contributed by atoms with Gasteiger partial charge >= 0.3 is 24.1 Å². The monoisotopic (exact) mass is 590 g/mol. The van der Waals surface area contributed by atoms with E-state index in [0.717, 1.165) is 25.0 Å². The number of carbonyl (C=O) groups is 3. The van der Waals surface area contributed by atoms with Gasteiger partial charge < -0.3 is 23.7 Å². The number of carbonyl (C=O) groups excluding carboxylic acids is 3. The fourth-order valence-electron chi connectivity index (χ4n) is 5.78. The summed E-state index contributed by atoms with van der Waals surface area (Å²) in [7, 11) is -4.42. The van der Waals surface area contributed by atoms with E-state index < -0.39 is 99.7 Å². The number of fused-ring (bicyclic) bond motifs is 1. The molecule has 6 atom stereocenters. The van der Waals surface area contributed by atoms with Crippen molar-refractivity contribution in [2.45, 2.75) is 61.9 Å². The number of rotatable bonds is 9. The summed E-state index contributed by atoms with van der Waals surface area (Å²) in [5, 5.41) is 0. The normalized spacial score (nSPS) is 30.1. The molecule has 1 aliphatic carbocycles. The first-order valence-corrected chi connectivity index (χ1v) is 14.1. The van der Waals surface area contributed by atoms with Crippen LogP contribution in [0.25, 0.3) is 0 Å². The molecule has 6 unspecified atom stereocenters. The lowest BCUT2D eigenvalue weighted by atomic mass is 9.78. The van der Waals surface area contributed by atoms with Gasteiger partial charge in [-0.2, -0.15) is 21.6 Å². The quantitative estimate of drug-likeness (QED) is 0.195. The van der Waals surface area contributed by atoms with E-state index in [1.165, 1.54) is 6.08 Å². The average molecular weight is 591 g/mol. The Morgan fingerprint density at radius 3 is 2.50 bits per heavy atom. The molecule has 0 radical (unpaired) electrons. The molecule has 3 heterocycles. The molecule has 15 heteroatoms. The Labute approximate surface area is 226 Å². The van der Waals surface area contributed by atoms with Gasteiger partial charge in [-0.1, -0.05) is 6.58 Å². The molecular formula is C25H25F3O11S. The van der Waals surface area contributed by atoms with E-state index in [1.54, 1.807) is 0 Å². The fourth-order valence-corrected chi connectivity index (χ4v) is 6.08. The smallest absolute Gasteiger partial charge is 0.419 e. The Balaban J connectivity index is 1.36. The van der Waals surface area contributed by atoms with Gasteiger partial charge in [-0.25, -0.2) is 4.79 Å². The van der Waals surface area contributed by atoms with Gasteiger partial charge in [0.25, 0.3) is 10.1 Å². The second-order valence-electron chi connectivity index (χ2n) is 10.1. The number of benzene rings is 1. The third-order valence-corrected chi connectivity index (χ3v) is 8.35. The van der Waals surface area contributed by atoms with Crippen LogP contribution in [-0.4, -0.2) is 73.3 Å². The molecule has 11 nitrogen and oxygen atoms in total. The van der Waals surface area contributed by atoms with E-state index in [4.69, 9.17) is 28.2 Å². The highest BCUT2D eigenvalue weighted by Gasteiger charge is 2.72. The molecule has 1 aromatic carbocycles. The van der Waals surface area contributed by atoms with Gasteiger partial charge in [-0.3, -0.25) is 14.1 Å². The van der Waals surface area contributed by atoms with E-state index in [-0.39, 0.29) is 5.56 Å². The molecule has 5 rings (SSSR count). The van der Waals surface area contributed by atoms with Crippen molar-refractivity contribution in [3.8, 4) is 5.75 Å². The van der Waals surface area contributed by atoms with Crippen LogP contribution in [0.4, 0.5) is 13.2 Å². The largest absolute Gasteiger partial charge is 0.483 e. The molecule has 0 amide bonds. The van der Waals surface area contributed by atoms with Gasteiger partial charge in [0, 0.05) is 0 Å². The van der Waals surface area contributed by atoms with Gasteiger partial charge in [-0.05, 0) is 50.0 Å². The second kappa shape index (κ2) is 10.0. The van der Waals surface area contributed by atoms with Gasteiger partial charge in [0.05, 0.1) is 11.1 Å². The Morgan fingerprint density at radius 1 is 1.18 bits per heavy atom. The molecule has 3 aliphatic heterocycles. The molecular weight excluding hydrogens is 565 g/mol. The van der Waals surface area contributed by atoms with Crippen LogP contribution in [0.3, 0.4) is 0 Å². The SMILES string of the molecule is C=CC1(Oc2cc(C(=O)OC3C4OC(=O)C5C4OC3C5C(=O)OCCS(=O)(=O)O)ccc2C(F)(F)F)CCCC1. The first kappa shape index (κ1) is 28.4. The van der Waals surface area contributed by atoms with Gasteiger partial charge in [0.15, 0.2) is 12.2 Å². The molecule has 40 heavy (non-hydrogen) atoms. The summed E-state index contributed by atoms with van der Waals surface area (Å²) in [6.07, 6.45) is -5.41. The molecule has 1 aromatic rings. The molecule has 0 aromatic heterocycles. The molecule has 1 N–H and O–H groups in total. The Morgan fingerprint density at radius 2 is 1.88 bits per heavy atom. The summed E-state index contributed by atoms with van der Waals surface area (Å²) >= 11 is 0. The second-order valence-corrected chi connectivity index (χ2v) is 11.7. The van der Waals surface area contributed by atoms with Gasteiger partial charge in [0.1, 0.15) is 47.8 Å². The third kappa shape index (κ3) is 5.17. The lowest BCUT2D eigenvalue weighted by Crippen LogP contribution is -2.48. The zero-order valence-electron chi connectivity index (χ0n) is 20.8. The van der Waals surface area contributed by atoms with Crippen molar-refractivity contribution in [1.29, 1.82) is 0 Å². The summed E-state index contributed by atoms with van der Waals surface area (Å²) in [4.78, 5) is 38.2. The molecule has 3 saturated heterocycles.